The standard InChI is InChI=1S/C18H18ClNO4S/c1-23-13-5-6-14(17-20-15(10-25-17)18(21)22)16(8-13)24-9-11-3-2-4-12(19)7-11/h2-8,15,17,20H,9-10H2,1H3,(H,21,22). The fraction of sp³-hybridized carbons (Fsp3) is 0.278. The average molecular weight is 380 g/mol. The first-order valence-electron chi connectivity index (χ1n) is 7.72. The highest BCUT2D eigenvalue weighted by Gasteiger charge is 2.32. The molecule has 132 valence electrons. The molecule has 0 aliphatic carbocycles. The lowest BCUT2D eigenvalue weighted by molar-refractivity contribution is -0.138. The maximum Gasteiger partial charge on any atom is 0.321 e. The van der Waals surface area contributed by atoms with E-state index in [0.717, 1.165) is 11.1 Å². The highest BCUT2D eigenvalue weighted by molar-refractivity contribution is 7.99. The zero-order valence-corrected chi connectivity index (χ0v) is 15.1. The fourth-order valence-electron chi connectivity index (χ4n) is 2.56. The van der Waals surface area contributed by atoms with Crippen LogP contribution in [0.25, 0.3) is 0 Å². The third-order valence-electron chi connectivity index (χ3n) is 3.87. The maximum atomic E-state index is 11.2. The van der Waals surface area contributed by atoms with Gasteiger partial charge in [0.15, 0.2) is 0 Å². The number of rotatable bonds is 6. The Morgan fingerprint density at radius 2 is 2.20 bits per heavy atom. The zero-order valence-electron chi connectivity index (χ0n) is 13.6. The minimum atomic E-state index is -0.843. The minimum Gasteiger partial charge on any atom is -0.497 e. The van der Waals surface area contributed by atoms with Crippen LogP contribution in [0.1, 0.15) is 16.5 Å². The van der Waals surface area contributed by atoms with Gasteiger partial charge in [-0.2, -0.15) is 0 Å². The molecule has 0 bridgehead atoms. The summed E-state index contributed by atoms with van der Waals surface area (Å²) < 4.78 is 11.3. The lowest BCUT2D eigenvalue weighted by Crippen LogP contribution is -2.33. The lowest BCUT2D eigenvalue weighted by Gasteiger charge is -2.18. The van der Waals surface area contributed by atoms with Gasteiger partial charge < -0.3 is 14.6 Å². The van der Waals surface area contributed by atoms with Crippen molar-refractivity contribution in [1.82, 2.24) is 5.32 Å². The summed E-state index contributed by atoms with van der Waals surface area (Å²) in [5.41, 5.74) is 1.85. The molecule has 1 aliphatic rings. The molecule has 2 aromatic carbocycles. The van der Waals surface area contributed by atoms with E-state index in [4.69, 9.17) is 26.2 Å². The molecule has 7 heteroatoms. The summed E-state index contributed by atoms with van der Waals surface area (Å²) in [4.78, 5) is 11.2. The average Bonchev–Trinajstić information content (AvgIpc) is 3.10. The van der Waals surface area contributed by atoms with Gasteiger partial charge in [0.05, 0.1) is 12.5 Å². The Kier molecular flexibility index (Phi) is 5.73. The summed E-state index contributed by atoms with van der Waals surface area (Å²) in [6.07, 6.45) is 0. The van der Waals surface area contributed by atoms with E-state index >= 15 is 0 Å². The van der Waals surface area contributed by atoms with Gasteiger partial charge in [-0.1, -0.05) is 23.7 Å². The van der Waals surface area contributed by atoms with Gasteiger partial charge in [0.2, 0.25) is 0 Å². The molecular weight excluding hydrogens is 362 g/mol. The third-order valence-corrected chi connectivity index (χ3v) is 5.35. The first kappa shape index (κ1) is 17.9. The Balaban J connectivity index is 1.80. The SMILES string of the molecule is COc1ccc(C2NC(C(=O)O)CS2)c(OCc2cccc(Cl)c2)c1. The van der Waals surface area contributed by atoms with Crippen molar-refractivity contribution >= 4 is 29.3 Å². The number of ether oxygens (including phenoxy) is 2. The van der Waals surface area contributed by atoms with Crippen LogP contribution in [0, 0.1) is 0 Å². The van der Waals surface area contributed by atoms with Gasteiger partial charge in [-0.25, -0.2) is 0 Å². The van der Waals surface area contributed by atoms with E-state index < -0.39 is 12.0 Å². The Labute approximate surface area is 155 Å². The molecule has 0 radical (unpaired) electrons. The normalized spacial score (nSPS) is 19.6. The number of carboxylic acid groups (broad SMARTS) is 1. The number of thioether (sulfide) groups is 1. The second-order valence-electron chi connectivity index (χ2n) is 5.59. The van der Waals surface area contributed by atoms with Crippen molar-refractivity contribution in [3.05, 3.63) is 58.6 Å². The summed E-state index contributed by atoms with van der Waals surface area (Å²) in [7, 11) is 1.60. The van der Waals surface area contributed by atoms with E-state index in [-0.39, 0.29) is 5.37 Å². The van der Waals surface area contributed by atoms with Gasteiger partial charge in [-0.05, 0) is 29.8 Å². The van der Waals surface area contributed by atoms with Crippen molar-refractivity contribution in [3.63, 3.8) is 0 Å². The first-order valence-corrected chi connectivity index (χ1v) is 9.15. The van der Waals surface area contributed by atoms with Crippen molar-refractivity contribution < 1.29 is 19.4 Å². The van der Waals surface area contributed by atoms with Gasteiger partial charge in [-0.3, -0.25) is 10.1 Å². The zero-order chi connectivity index (χ0) is 17.8. The molecule has 0 saturated carbocycles. The van der Waals surface area contributed by atoms with Gasteiger partial charge in [0, 0.05) is 22.4 Å². The van der Waals surface area contributed by atoms with E-state index in [1.807, 2.05) is 42.5 Å². The van der Waals surface area contributed by atoms with Crippen molar-refractivity contribution in [2.45, 2.75) is 18.0 Å². The van der Waals surface area contributed by atoms with Gasteiger partial charge >= 0.3 is 5.97 Å². The number of hydrogen-bond donors (Lipinski definition) is 2. The van der Waals surface area contributed by atoms with Crippen LogP contribution in [0.5, 0.6) is 11.5 Å². The summed E-state index contributed by atoms with van der Waals surface area (Å²) in [6.45, 7) is 0.362. The summed E-state index contributed by atoms with van der Waals surface area (Å²) in [5.74, 6) is 1.02. The highest BCUT2D eigenvalue weighted by Crippen LogP contribution is 2.39. The lowest BCUT2D eigenvalue weighted by atomic mass is 10.1. The fourth-order valence-corrected chi connectivity index (χ4v) is 4.04. The minimum absolute atomic E-state index is 0.138. The van der Waals surface area contributed by atoms with Crippen molar-refractivity contribution in [2.75, 3.05) is 12.9 Å². The smallest absolute Gasteiger partial charge is 0.321 e. The molecule has 1 fully saturated rings. The number of carboxylic acids is 1. The number of benzene rings is 2. The monoisotopic (exact) mass is 379 g/mol. The molecule has 2 unspecified atom stereocenters. The summed E-state index contributed by atoms with van der Waals surface area (Å²) in [5, 5.41) is 12.8. The van der Waals surface area contributed by atoms with Crippen LogP contribution < -0.4 is 14.8 Å². The number of aliphatic carboxylic acids is 1. The Hall–Kier alpha value is -1.89. The second kappa shape index (κ2) is 7.99. The molecule has 0 aromatic heterocycles. The molecule has 1 heterocycles. The van der Waals surface area contributed by atoms with E-state index in [9.17, 15) is 4.79 Å². The van der Waals surface area contributed by atoms with Crippen molar-refractivity contribution in [1.29, 1.82) is 0 Å². The molecule has 1 aliphatic heterocycles. The van der Waals surface area contributed by atoms with Crippen molar-refractivity contribution in [2.24, 2.45) is 0 Å². The van der Waals surface area contributed by atoms with Crippen LogP contribution in [0.2, 0.25) is 5.02 Å². The molecule has 3 rings (SSSR count). The van der Waals surface area contributed by atoms with Crippen LogP contribution in [0.4, 0.5) is 0 Å². The Morgan fingerprint density at radius 1 is 1.36 bits per heavy atom. The van der Waals surface area contributed by atoms with Crippen LogP contribution in [0.3, 0.4) is 0 Å². The maximum absolute atomic E-state index is 11.2. The molecule has 25 heavy (non-hydrogen) atoms. The summed E-state index contributed by atoms with van der Waals surface area (Å²) >= 11 is 7.56. The first-order chi connectivity index (χ1) is 12.1. The predicted molar refractivity (Wildman–Crippen MR) is 98.5 cm³/mol. The number of carbonyl (C=O) groups is 1. The number of nitrogens with one attached hydrogen (secondary N) is 1. The number of hydrogen-bond acceptors (Lipinski definition) is 5. The van der Waals surface area contributed by atoms with E-state index in [2.05, 4.69) is 5.32 Å². The van der Waals surface area contributed by atoms with E-state index in [1.165, 1.54) is 0 Å². The second-order valence-corrected chi connectivity index (χ2v) is 7.17. The molecule has 0 spiro atoms. The number of halogens is 1. The predicted octanol–water partition coefficient (Wildman–Crippen LogP) is 3.72. The highest BCUT2D eigenvalue weighted by atomic mass is 35.5. The molecule has 0 amide bonds. The summed E-state index contributed by atoms with van der Waals surface area (Å²) in [6, 6.07) is 12.5. The molecular formula is C18H18ClNO4S. The van der Waals surface area contributed by atoms with E-state index in [1.54, 1.807) is 18.9 Å². The topological polar surface area (TPSA) is 67.8 Å². The largest absolute Gasteiger partial charge is 0.497 e. The van der Waals surface area contributed by atoms with Gasteiger partial charge in [0.1, 0.15) is 24.1 Å². The molecule has 1 saturated heterocycles. The number of methoxy groups -OCH3 is 1. The van der Waals surface area contributed by atoms with E-state index in [0.29, 0.717) is 28.9 Å². The quantitative estimate of drug-likeness (QED) is 0.797. The van der Waals surface area contributed by atoms with Crippen LogP contribution >= 0.6 is 23.4 Å². The Morgan fingerprint density at radius 3 is 2.88 bits per heavy atom. The third kappa shape index (κ3) is 4.39. The van der Waals surface area contributed by atoms with Crippen molar-refractivity contribution in [3.8, 4) is 11.5 Å². The van der Waals surface area contributed by atoms with Gasteiger partial charge in [-0.15, -0.1) is 11.8 Å². The molecule has 2 aromatic rings. The van der Waals surface area contributed by atoms with Crippen LogP contribution in [-0.2, 0) is 11.4 Å². The van der Waals surface area contributed by atoms with Crippen LogP contribution in [-0.4, -0.2) is 30.0 Å². The molecule has 2 atom stereocenters. The molecule has 2 N–H and O–H groups in total. The van der Waals surface area contributed by atoms with Gasteiger partial charge in [0.25, 0.3) is 0 Å². The molecule has 5 nitrogen and oxygen atoms in total. The van der Waals surface area contributed by atoms with Crippen LogP contribution in [0.15, 0.2) is 42.5 Å². The Bertz CT molecular complexity index is 770.